The number of hydrogen-bond acceptors (Lipinski definition) is 4. The number of carbonyl (C=O) groups is 1. The molecule has 7 heteroatoms. The number of piperazine rings is 1. The number of hydrogen-bond donors (Lipinski definition) is 0. The Hall–Kier alpha value is -1.44. The number of likely N-dealkylation sites (N-methyl/N-ethyl adjacent to an activating group) is 1. The highest BCUT2D eigenvalue weighted by molar-refractivity contribution is 7.89. The van der Waals surface area contributed by atoms with Gasteiger partial charge in [-0.1, -0.05) is 26.3 Å². The molecular formula is C20H31N3O3S. The van der Waals surface area contributed by atoms with Crippen molar-refractivity contribution < 1.29 is 13.2 Å². The molecule has 1 unspecified atom stereocenters. The van der Waals surface area contributed by atoms with Crippen LogP contribution in [0.5, 0.6) is 0 Å². The molecule has 2 saturated heterocycles. The minimum atomic E-state index is -3.57. The predicted molar refractivity (Wildman–Crippen MR) is 106 cm³/mol. The lowest BCUT2D eigenvalue weighted by Gasteiger charge is -2.35. The van der Waals surface area contributed by atoms with E-state index >= 15 is 0 Å². The molecule has 0 radical (unpaired) electrons. The lowest BCUT2D eigenvalue weighted by Crippen LogP contribution is -2.48. The molecule has 0 N–H and O–H groups in total. The molecule has 1 atom stereocenters. The van der Waals surface area contributed by atoms with Crippen molar-refractivity contribution in [3.63, 3.8) is 0 Å². The number of benzene rings is 1. The lowest BCUT2D eigenvalue weighted by molar-refractivity contribution is 0.0643. The van der Waals surface area contributed by atoms with Crippen LogP contribution in [0.1, 0.15) is 49.9 Å². The SMILES string of the molecule is CCC1CCCCN1S(=O)(=O)c1cccc(C(=O)N2CCN(CC)CC2)c1. The van der Waals surface area contributed by atoms with Crippen LogP contribution in [0, 0.1) is 0 Å². The number of carbonyl (C=O) groups excluding carboxylic acids is 1. The first-order valence-corrected chi connectivity index (χ1v) is 11.5. The van der Waals surface area contributed by atoms with E-state index in [4.69, 9.17) is 0 Å². The van der Waals surface area contributed by atoms with Crippen molar-refractivity contribution in [3.8, 4) is 0 Å². The Morgan fingerprint density at radius 3 is 2.48 bits per heavy atom. The van der Waals surface area contributed by atoms with Crippen LogP contribution < -0.4 is 0 Å². The molecule has 2 heterocycles. The number of nitrogens with zero attached hydrogens (tertiary/aromatic N) is 3. The highest BCUT2D eigenvalue weighted by atomic mass is 32.2. The smallest absolute Gasteiger partial charge is 0.253 e. The van der Waals surface area contributed by atoms with Crippen LogP contribution in [0.3, 0.4) is 0 Å². The third-order valence-corrected chi connectivity index (χ3v) is 7.79. The van der Waals surface area contributed by atoms with Gasteiger partial charge in [0.1, 0.15) is 0 Å². The van der Waals surface area contributed by atoms with Crippen molar-refractivity contribution in [2.75, 3.05) is 39.3 Å². The van der Waals surface area contributed by atoms with E-state index in [1.165, 1.54) is 0 Å². The number of sulfonamides is 1. The summed E-state index contributed by atoms with van der Waals surface area (Å²) in [6.45, 7) is 8.83. The van der Waals surface area contributed by atoms with Gasteiger partial charge in [-0.25, -0.2) is 8.42 Å². The summed E-state index contributed by atoms with van der Waals surface area (Å²) in [5.41, 5.74) is 0.464. The highest BCUT2D eigenvalue weighted by Gasteiger charge is 2.33. The van der Waals surface area contributed by atoms with E-state index in [1.807, 2.05) is 11.8 Å². The van der Waals surface area contributed by atoms with Crippen molar-refractivity contribution in [1.29, 1.82) is 0 Å². The summed E-state index contributed by atoms with van der Waals surface area (Å²) >= 11 is 0. The minimum absolute atomic E-state index is 0.0604. The fourth-order valence-electron chi connectivity index (χ4n) is 4.07. The Morgan fingerprint density at radius 2 is 1.81 bits per heavy atom. The van der Waals surface area contributed by atoms with Gasteiger partial charge in [0.25, 0.3) is 5.91 Å². The molecule has 0 aliphatic carbocycles. The van der Waals surface area contributed by atoms with Crippen LogP contribution in [0.2, 0.25) is 0 Å². The molecule has 2 aliphatic rings. The van der Waals surface area contributed by atoms with Crippen LogP contribution in [-0.2, 0) is 10.0 Å². The van der Waals surface area contributed by atoms with E-state index in [1.54, 1.807) is 28.6 Å². The van der Waals surface area contributed by atoms with Gasteiger partial charge in [-0.15, -0.1) is 0 Å². The average molecular weight is 394 g/mol. The second-order valence-electron chi connectivity index (χ2n) is 7.43. The maximum absolute atomic E-state index is 13.2. The van der Waals surface area contributed by atoms with E-state index in [0.717, 1.165) is 45.3 Å². The first-order chi connectivity index (χ1) is 13.0. The second kappa shape index (κ2) is 8.71. The normalized spacial score (nSPS) is 22.7. The fraction of sp³-hybridized carbons (Fsp3) is 0.650. The van der Waals surface area contributed by atoms with Gasteiger partial charge >= 0.3 is 0 Å². The number of rotatable bonds is 5. The maximum Gasteiger partial charge on any atom is 0.253 e. The third-order valence-electron chi connectivity index (χ3n) is 5.84. The van der Waals surface area contributed by atoms with Crippen molar-refractivity contribution >= 4 is 15.9 Å². The molecule has 1 aromatic carbocycles. The van der Waals surface area contributed by atoms with E-state index in [-0.39, 0.29) is 16.8 Å². The van der Waals surface area contributed by atoms with Crippen molar-refractivity contribution in [3.05, 3.63) is 29.8 Å². The van der Waals surface area contributed by atoms with Gasteiger partial charge in [-0.05, 0) is 44.0 Å². The van der Waals surface area contributed by atoms with E-state index in [9.17, 15) is 13.2 Å². The average Bonchev–Trinajstić information content (AvgIpc) is 2.73. The fourth-order valence-corrected chi connectivity index (χ4v) is 5.89. The Bertz CT molecular complexity index is 757. The lowest BCUT2D eigenvalue weighted by atomic mass is 10.0. The maximum atomic E-state index is 13.2. The molecule has 0 aromatic heterocycles. The standard InChI is InChI=1S/C20H31N3O3S/c1-3-18-9-5-6-11-23(18)27(25,26)19-10-7-8-17(16-19)20(24)22-14-12-21(4-2)13-15-22/h7-8,10,16,18H,3-6,9,11-15H2,1-2H3. The molecule has 6 nitrogen and oxygen atoms in total. The van der Waals surface area contributed by atoms with E-state index in [0.29, 0.717) is 25.2 Å². The van der Waals surface area contributed by atoms with Gasteiger partial charge < -0.3 is 9.80 Å². The van der Waals surface area contributed by atoms with Gasteiger partial charge in [-0.2, -0.15) is 4.31 Å². The summed E-state index contributed by atoms with van der Waals surface area (Å²) in [6.07, 6.45) is 3.71. The summed E-state index contributed by atoms with van der Waals surface area (Å²) < 4.78 is 28.0. The highest BCUT2D eigenvalue weighted by Crippen LogP contribution is 2.27. The summed E-state index contributed by atoms with van der Waals surface area (Å²) in [5.74, 6) is -0.0755. The van der Waals surface area contributed by atoms with Crippen molar-refractivity contribution in [1.82, 2.24) is 14.1 Å². The van der Waals surface area contributed by atoms with Crippen molar-refractivity contribution in [2.45, 2.75) is 50.5 Å². The van der Waals surface area contributed by atoms with Gasteiger partial charge in [0.05, 0.1) is 4.90 Å². The predicted octanol–water partition coefficient (Wildman–Crippen LogP) is 2.42. The van der Waals surface area contributed by atoms with Gasteiger partial charge in [0.2, 0.25) is 10.0 Å². The molecular weight excluding hydrogens is 362 g/mol. The number of amides is 1. The molecule has 0 bridgehead atoms. The largest absolute Gasteiger partial charge is 0.336 e. The zero-order valence-corrected chi connectivity index (χ0v) is 17.2. The number of piperidine rings is 1. The minimum Gasteiger partial charge on any atom is -0.336 e. The molecule has 3 rings (SSSR count). The zero-order chi connectivity index (χ0) is 19.4. The molecule has 150 valence electrons. The molecule has 2 aliphatic heterocycles. The summed E-state index contributed by atoms with van der Waals surface area (Å²) in [6, 6.07) is 6.65. The molecule has 0 spiro atoms. The van der Waals surface area contributed by atoms with Crippen LogP contribution in [0.25, 0.3) is 0 Å². The second-order valence-corrected chi connectivity index (χ2v) is 9.32. The van der Waals surface area contributed by atoms with Crippen molar-refractivity contribution in [2.24, 2.45) is 0 Å². The van der Waals surface area contributed by atoms with E-state index < -0.39 is 10.0 Å². The summed E-state index contributed by atoms with van der Waals surface area (Å²) in [7, 11) is -3.57. The van der Waals surface area contributed by atoms with Gasteiger partial charge in [-0.3, -0.25) is 4.79 Å². The molecule has 27 heavy (non-hydrogen) atoms. The van der Waals surface area contributed by atoms with Crippen LogP contribution in [0.4, 0.5) is 0 Å². The summed E-state index contributed by atoms with van der Waals surface area (Å²) in [5, 5.41) is 0. The van der Waals surface area contributed by atoms with E-state index in [2.05, 4.69) is 11.8 Å². The molecule has 2 fully saturated rings. The first kappa shape index (κ1) is 20.3. The Morgan fingerprint density at radius 1 is 1.07 bits per heavy atom. The summed E-state index contributed by atoms with van der Waals surface area (Å²) in [4.78, 5) is 17.2. The van der Waals surface area contributed by atoms with Crippen LogP contribution in [-0.4, -0.2) is 73.7 Å². The monoisotopic (exact) mass is 393 g/mol. The van der Waals surface area contributed by atoms with Crippen LogP contribution in [0.15, 0.2) is 29.2 Å². The quantitative estimate of drug-likeness (QED) is 0.771. The Kier molecular flexibility index (Phi) is 6.55. The molecule has 1 aromatic rings. The van der Waals surface area contributed by atoms with Gasteiger partial charge in [0, 0.05) is 44.3 Å². The van der Waals surface area contributed by atoms with Gasteiger partial charge in [0.15, 0.2) is 0 Å². The van der Waals surface area contributed by atoms with Crippen LogP contribution >= 0.6 is 0 Å². The third kappa shape index (κ3) is 4.36. The Balaban J connectivity index is 1.79. The zero-order valence-electron chi connectivity index (χ0n) is 16.4. The Labute approximate surface area is 163 Å². The molecule has 1 amide bonds. The first-order valence-electron chi connectivity index (χ1n) is 10.1. The molecule has 0 saturated carbocycles. The topological polar surface area (TPSA) is 60.9 Å².